The first-order valence-corrected chi connectivity index (χ1v) is 5.47. The maximum atomic E-state index is 12.2. The lowest BCUT2D eigenvalue weighted by Crippen LogP contribution is -2.31. The predicted octanol–water partition coefficient (Wildman–Crippen LogP) is 1.93. The number of hydrogen-bond acceptors (Lipinski definition) is 3. The molecule has 92 valence electrons. The summed E-state index contributed by atoms with van der Waals surface area (Å²) in [5, 5.41) is 0. The SMILES string of the molecule is C=CCN(CC)C(=O)c1ccc(N)cc1OC. The summed E-state index contributed by atoms with van der Waals surface area (Å²) >= 11 is 0. The van der Waals surface area contributed by atoms with Crippen LogP contribution in [0, 0.1) is 0 Å². The number of nitrogen functional groups attached to an aromatic ring is 1. The molecule has 4 heteroatoms. The highest BCUT2D eigenvalue weighted by Gasteiger charge is 2.17. The Hall–Kier alpha value is -1.97. The highest BCUT2D eigenvalue weighted by atomic mass is 16.5. The Bertz CT molecular complexity index is 416. The smallest absolute Gasteiger partial charge is 0.257 e. The van der Waals surface area contributed by atoms with Crippen molar-refractivity contribution in [2.24, 2.45) is 0 Å². The molecule has 0 aliphatic heterocycles. The topological polar surface area (TPSA) is 55.6 Å². The van der Waals surface area contributed by atoms with Crippen LogP contribution in [0.1, 0.15) is 17.3 Å². The van der Waals surface area contributed by atoms with Gasteiger partial charge in [-0.15, -0.1) is 6.58 Å². The predicted molar refractivity (Wildman–Crippen MR) is 69.2 cm³/mol. The fraction of sp³-hybridized carbons (Fsp3) is 0.308. The van der Waals surface area contributed by atoms with Crippen molar-refractivity contribution < 1.29 is 9.53 Å². The molecule has 1 rings (SSSR count). The maximum absolute atomic E-state index is 12.2. The molecule has 2 N–H and O–H groups in total. The molecule has 0 spiro atoms. The first-order valence-electron chi connectivity index (χ1n) is 5.47. The number of likely N-dealkylation sites (N-methyl/N-ethyl adjacent to an activating group) is 1. The third kappa shape index (κ3) is 3.00. The lowest BCUT2D eigenvalue weighted by Gasteiger charge is -2.20. The normalized spacial score (nSPS) is 9.76. The average Bonchev–Trinajstić information content (AvgIpc) is 2.34. The second kappa shape index (κ2) is 5.94. The van der Waals surface area contributed by atoms with Gasteiger partial charge in [-0.05, 0) is 19.1 Å². The maximum Gasteiger partial charge on any atom is 0.257 e. The van der Waals surface area contributed by atoms with Crippen molar-refractivity contribution in [1.29, 1.82) is 0 Å². The molecule has 4 nitrogen and oxygen atoms in total. The minimum atomic E-state index is -0.0794. The summed E-state index contributed by atoms with van der Waals surface area (Å²) in [6, 6.07) is 5.02. The van der Waals surface area contributed by atoms with Crippen molar-refractivity contribution in [2.45, 2.75) is 6.92 Å². The summed E-state index contributed by atoms with van der Waals surface area (Å²) in [6.07, 6.45) is 1.70. The third-order valence-corrected chi connectivity index (χ3v) is 2.47. The largest absolute Gasteiger partial charge is 0.496 e. The van der Waals surface area contributed by atoms with Gasteiger partial charge in [-0.1, -0.05) is 6.08 Å². The highest BCUT2D eigenvalue weighted by Crippen LogP contribution is 2.22. The Morgan fingerprint density at radius 2 is 2.29 bits per heavy atom. The first kappa shape index (κ1) is 13.1. The van der Waals surface area contributed by atoms with Gasteiger partial charge in [0.15, 0.2) is 0 Å². The van der Waals surface area contributed by atoms with Gasteiger partial charge in [-0.2, -0.15) is 0 Å². The zero-order valence-corrected chi connectivity index (χ0v) is 10.3. The van der Waals surface area contributed by atoms with Gasteiger partial charge in [-0.3, -0.25) is 4.79 Å². The van der Waals surface area contributed by atoms with Gasteiger partial charge in [0.2, 0.25) is 0 Å². The number of nitrogens with two attached hydrogens (primary N) is 1. The van der Waals surface area contributed by atoms with E-state index < -0.39 is 0 Å². The summed E-state index contributed by atoms with van der Waals surface area (Å²) in [5.41, 5.74) is 6.74. The molecule has 0 radical (unpaired) electrons. The summed E-state index contributed by atoms with van der Waals surface area (Å²) in [5.74, 6) is 0.418. The number of nitrogens with zero attached hydrogens (tertiary/aromatic N) is 1. The Kier molecular flexibility index (Phi) is 4.57. The van der Waals surface area contributed by atoms with Crippen molar-refractivity contribution in [2.75, 3.05) is 25.9 Å². The molecule has 17 heavy (non-hydrogen) atoms. The Morgan fingerprint density at radius 3 is 2.82 bits per heavy atom. The number of carbonyl (C=O) groups is 1. The molecule has 0 saturated carbocycles. The van der Waals surface area contributed by atoms with Crippen LogP contribution in [-0.2, 0) is 0 Å². The summed E-state index contributed by atoms with van der Waals surface area (Å²) in [7, 11) is 1.52. The average molecular weight is 234 g/mol. The van der Waals surface area contributed by atoms with Crippen LogP contribution in [0.5, 0.6) is 5.75 Å². The monoisotopic (exact) mass is 234 g/mol. The Labute approximate surface area is 102 Å². The molecule has 0 fully saturated rings. The lowest BCUT2D eigenvalue weighted by molar-refractivity contribution is 0.0779. The number of rotatable bonds is 5. The Balaban J connectivity index is 3.05. The van der Waals surface area contributed by atoms with Crippen molar-refractivity contribution in [3.63, 3.8) is 0 Å². The second-order valence-corrected chi connectivity index (χ2v) is 3.59. The van der Waals surface area contributed by atoms with Gasteiger partial charge in [0.1, 0.15) is 5.75 Å². The van der Waals surface area contributed by atoms with Crippen molar-refractivity contribution in [3.05, 3.63) is 36.4 Å². The van der Waals surface area contributed by atoms with Crippen LogP contribution in [0.25, 0.3) is 0 Å². The molecule has 0 aliphatic carbocycles. The number of benzene rings is 1. The quantitative estimate of drug-likeness (QED) is 0.625. The summed E-state index contributed by atoms with van der Waals surface area (Å²) in [4.78, 5) is 13.9. The number of anilines is 1. The molecule has 0 aliphatic rings. The van der Waals surface area contributed by atoms with E-state index in [0.29, 0.717) is 30.1 Å². The molecule has 0 atom stereocenters. The number of amides is 1. The van der Waals surface area contributed by atoms with Crippen LogP contribution in [-0.4, -0.2) is 31.0 Å². The lowest BCUT2D eigenvalue weighted by atomic mass is 10.1. The number of carbonyl (C=O) groups excluding carboxylic acids is 1. The van der Waals surface area contributed by atoms with Crippen LogP contribution in [0.15, 0.2) is 30.9 Å². The molecule has 1 aromatic rings. The van der Waals surface area contributed by atoms with E-state index in [0.717, 1.165) is 0 Å². The van der Waals surface area contributed by atoms with Gasteiger partial charge >= 0.3 is 0 Å². The molecule has 0 aromatic heterocycles. The van der Waals surface area contributed by atoms with E-state index in [-0.39, 0.29) is 5.91 Å². The van der Waals surface area contributed by atoms with Crippen molar-refractivity contribution >= 4 is 11.6 Å². The third-order valence-electron chi connectivity index (χ3n) is 2.47. The molecule has 1 aromatic carbocycles. The molecule has 0 heterocycles. The van der Waals surface area contributed by atoms with Crippen LogP contribution >= 0.6 is 0 Å². The molecular formula is C13H18N2O2. The number of hydrogen-bond donors (Lipinski definition) is 1. The fourth-order valence-electron chi connectivity index (χ4n) is 1.57. The molecule has 1 amide bonds. The summed E-state index contributed by atoms with van der Waals surface area (Å²) in [6.45, 7) is 6.70. The van der Waals surface area contributed by atoms with E-state index in [1.165, 1.54) is 7.11 Å². The van der Waals surface area contributed by atoms with Crippen LogP contribution in [0.4, 0.5) is 5.69 Å². The summed E-state index contributed by atoms with van der Waals surface area (Å²) < 4.78 is 5.17. The molecule has 0 saturated heterocycles. The van der Waals surface area contributed by atoms with E-state index in [1.54, 1.807) is 29.2 Å². The van der Waals surface area contributed by atoms with Gasteiger partial charge in [-0.25, -0.2) is 0 Å². The zero-order chi connectivity index (χ0) is 12.8. The molecule has 0 unspecified atom stereocenters. The van der Waals surface area contributed by atoms with E-state index in [4.69, 9.17) is 10.5 Å². The van der Waals surface area contributed by atoms with Gasteiger partial charge in [0.05, 0.1) is 12.7 Å². The number of methoxy groups -OCH3 is 1. The molecule has 0 bridgehead atoms. The van der Waals surface area contributed by atoms with Crippen LogP contribution < -0.4 is 10.5 Å². The minimum Gasteiger partial charge on any atom is -0.496 e. The van der Waals surface area contributed by atoms with Crippen molar-refractivity contribution in [1.82, 2.24) is 4.90 Å². The van der Waals surface area contributed by atoms with Gasteiger partial charge in [0.25, 0.3) is 5.91 Å². The fourth-order valence-corrected chi connectivity index (χ4v) is 1.57. The van der Waals surface area contributed by atoms with E-state index in [2.05, 4.69) is 6.58 Å². The van der Waals surface area contributed by atoms with Crippen molar-refractivity contribution in [3.8, 4) is 5.75 Å². The second-order valence-electron chi connectivity index (χ2n) is 3.59. The van der Waals surface area contributed by atoms with E-state index >= 15 is 0 Å². The Morgan fingerprint density at radius 1 is 1.59 bits per heavy atom. The van der Waals surface area contributed by atoms with Gasteiger partial charge < -0.3 is 15.4 Å². The van der Waals surface area contributed by atoms with Crippen LogP contribution in [0.2, 0.25) is 0 Å². The molecular weight excluding hydrogens is 216 g/mol. The van der Waals surface area contributed by atoms with E-state index in [1.807, 2.05) is 6.92 Å². The number of ether oxygens (including phenoxy) is 1. The first-order chi connectivity index (χ1) is 8.13. The highest BCUT2D eigenvalue weighted by molar-refractivity contribution is 5.97. The van der Waals surface area contributed by atoms with Crippen LogP contribution in [0.3, 0.4) is 0 Å². The zero-order valence-electron chi connectivity index (χ0n) is 10.3. The standard InChI is InChI=1S/C13H18N2O2/c1-4-8-15(5-2)13(16)11-7-6-10(14)9-12(11)17-3/h4,6-7,9H,1,5,8,14H2,2-3H3. The van der Waals surface area contributed by atoms with Gasteiger partial charge in [0, 0.05) is 24.8 Å². The minimum absolute atomic E-state index is 0.0794. The van der Waals surface area contributed by atoms with E-state index in [9.17, 15) is 4.79 Å².